The first-order valence-electron chi connectivity index (χ1n) is 17.0. The third kappa shape index (κ3) is 5.47. The molecule has 1 spiro atoms. The van der Waals surface area contributed by atoms with E-state index in [1.54, 1.807) is 0 Å². The second-order valence-electron chi connectivity index (χ2n) is 12.8. The van der Waals surface area contributed by atoms with Gasteiger partial charge in [0, 0.05) is 32.0 Å². The Bertz CT molecular complexity index is 2440. The number of aromatic nitrogens is 2. The van der Waals surface area contributed by atoms with Gasteiger partial charge in [-0.1, -0.05) is 115 Å². The maximum atomic E-state index is 4.55. The Morgan fingerprint density at radius 3 is 1.67 bits per heavy atom. The molecule has 0 fully saturated rings. The maximum Gasteiger partial charge on any atom is 0.0725 e. The maximum absolute atomic E-state index is 4.55. The van der Waals surface area contributed by atoms with E-state index in [4.69, 9.17) is 0 Å². The molecular formula is C48H32IrN2-2. The van der Waals surface area contributed by atoms with Crippen LogP contribution in [0.15, 0.2) is 176 Å². The van der Waals surface area contributed by atoms with E-state index in [1.165, 1.54) is 55.6 Å². The largest absolute Gasteiger partial charge is 0.305 e. The summed E-state index contributed by atoms with van der Waals surface area (Å²) in [6, 6.07) is 66.6. The molecule has 0 amide bonds. The Hall–Kier alpha value is -5.73. The quantitative estimate of drug-likeness (QED) is 0.166. The van der Waals surface area contributed by atoms with Crippen molar-refractivity contribution in [3.05, 3.63) is 216 Å². The molecule has 2 aromatic heterocycles. The third-order valence-electron chi connectivity index (χ3n) is 9.95. The number of benzene rings is 6. The minimum Gasteiger partial charge on any atom is -0.305 e. The molecule has 6 aromatic carbocycles. The predicted molar refractivity (Wildman–Crippen MR) is 203 cm³/mol. The van der Waals surface area contributed by atoms with E-state index >= 15 is 0 Å². The van der Waals surface area contributed by atoms with Crippen LogP contribution in [-0.2, 0) is 25.5 Å². The first kappa shape index (κ1) is 32.5. The van der Waals surface area contributed by atoms with Crippen molar-refractivity contribution in [2.75, 3.05) is 0 Å². The van der Waals surface area contributed by atoms with Crippen molar-refractivity contribution in [1.82, 2.24) is 9.97 Å². The first-order chi connectivity index (χ1) is 24.7. The van der Waals surface area contributed by atoms with Crippen LogP contribution in [0.3, 0.4) is 0 Å². The van der Waals surface area contributed by atoms with Gasteiger partial charge in [-0.05, 0) is 80.5 Å². The van der Waals surface area contributed by atoms with Crippen LogP contribution in [0.1, 0.15) is 27.9 Å². The zero-order chi connectivity index (χ0) is 33.5. The van der Waals surface area contributed by atoms with E-state index in [2.05, 4.69) is 125 Å². The molecule has 10 rings (SSSR count). The van der Waals surface area contributed by atoms with Gasteiger partial charge in [-0.3, -0.25) is 0 Å². The fourth-order valence-electron chi connectivity index (χ4n) is 7.84. The molecule has 0 saturated carbocycles. The van der Waals surface area contributed by atoms with Crippen LogP contribution < -0.4 is 0 Å². The number of pyridine rings is 2. The summed E-state index contributed by atoms with van der Waals surface area (Å²) in [5.74, 6) is 0. The summed E-state index contributed by atoms with van der Waals surface area (Å²) < 4.78 is 0. The van der Waals surface area contributed by atoms with Crippen molar-refractivity contribution in [2.24, 2.45) is 0 Å². The second-order valence-corrected chi connectivity index (χ2v) is 12.8. The fourth-order valence-corrected chi connectivity index (χ4v) is 7.84. The van der Waals surface area contributed by atoms with Gasteiger partial charge >= 0.3 is 0 Å². The smallest absolute Gasteiger partial charge is 0.0725 e. The summed E-state index contributed by atoms with van der Waals surface area (Å²) in [6.45, 7) is 1.99. The van der Waals surface area contributed by atoms with Gasteiger partial charge in [-0.2, -0.15) is 0 Å². The van der Waals surface area contributed by atoms with Crippen molar-refractivity contribution >= 4 is 0 Å². The van der Waals surface area contributed by atoms with Gasteiger partial charge in [-0.25, -0.2) is 0 Å². The van der Waals surface area contributed by atoms with Gasteiger partial charge in [0.15, 0.2) is 0 Å². The number of fused-ring (bicyclic) bond motifs is 10. The molecule has 0 saturated heterocycles. The molecule has 0 aliphatic heterocycles. The Morgan fingerprint density at radius 1 is 0.451 bits per heavy atom. The first-order valence-corrected chi connectivity index (χ1v) is 17.0. The van der Waals surface area contributed by atoms with E-state index in [1.807, 2.05) is 79.9 Å². The normalized spacial score (nSPS) is 12.4. The molecule has 0 N–H and O–H groups in total. The van der Waals surface area contributed by atoms with Crippen molar-refractivity contribution in [3.63, 3.8) is 0 Å². The zero-order valence-electron chi connectivity index (χ0n) is 28.0. The van der Waals surface area contributed by atoms with Crippen molar-refractivity contribution in [1.29, 1.82) is 0 Å². The number of hydrogen-bond acceptors (Lipinski definition) is 2. The molecule has 2 heterocycles. The summed E-state index contributed by atoms with van der Waals surface area (Å²) in [5.41, 5.74) is 17.9. The SMILES string of the molecule is Cc1cccc(-c2[c-]cccc2)n1.[Ir].[c-]1ccc(-c2ccc3c(c2)C2(c4ccccc4-c4ccccc42)c2ccccc2-3)cc1-c1ccccn1. The number of hydrogen-bond donors (Lipinski definition) is 0. The van der Waals surface area contributed by atoms with Crippen molar-refractivity contribution < 1.29 is 20.1 Å². The minimum absolute atomic E-state index is 0. The fraction of sp³-hybridized carbons (Fsp3) is 0.0417. The van der Waals surface area contributed by atoms with E-state index in [-0.39, 0.29) is 25.5 Å². The second kappa shape index (κ2) is 13.5. The molecule has 0 atom stereocenters. The Balaban J connectivity index is 0.000000226. The molecular weight excluding hydrogens is 797 g/mol. The molecule has 51 heavy (non-hydrogen) atoms. The van der Waals surface area contributed by atoms with Gasteiger partial charge in [0.25, 0.3) is 0 Å². The number of aryl methyl sites for hydroxylation is 1. The van der Waals surface area contributed by atoms with E-state index in [0.29, 0.717) is 0 Å². The molecule has 245 valence electrons. The molecule has 2 aliphatic carbocycles. The minimum atomic E-state index is -0.320. The van der Waals surface area contributed by atoms with E-state index in [0.717, 1.165) is 28.2 Å². The van der Waals surface area contributed by atoms with Gasteiger partial charge in [0.05, 0.1) is 5.41 Å². The summed E-state index contributed by atoms with van der Waals surface area (Å²) >= 11 is 0. The van der Waals surface area contributed by atoms with Crippen molar-refractivity contribution in [3.8, 4) is 55.9 Å². The van der Waals surface area contributed by atoms with Crippen LogP contribution in [0.5, 0.6) is 0 Å². The standard InChI is InChI=1S/C36H22N.C12H10N.Ir/c1-4-15-31-27(12-1)28-13-2-5-16-32(28)36(31)33-17-6-3-14-29(33)30-20-19-25(23-34(30)36)24-10-9-11-26(22-24)35-18-7-8-21-37-35;1-10-6-5-9-12(13-10)11-7-3-2-4-8-11;/h1-10,12-23H;2-7,9H,1H3;/q2*-1;. The average Bonchev–Trinajstić information content (AvgIpc) is 3.66. The van der Waals surface area contributed by atoms with Crippen molar-refractivity contribution in [2.45, 2.75) is 12.3 Å². The molecule has 2 aliphatic rings. The topological polar surface area (TPSA) is 25.8 Å². The molecule has 0 bridgehead atoms. The molecule has 0 unspecified atom stereocenters. The van der Waals surface area contributed by atoms with E-state index in [9.17, 15) is 0 Å². The summed E-state index contributed by atoms with van der Waals surface area (Å²) in [4.78, 5) is 8.96. The Kier molecular flexibility index (Phi) is 8.61. The van der Waals surface area contributed by atoms with Gasteiger partial charge in [-0.15, -0.1) is 71.3 Å². The number of rotatable bonds is 3. The Morgan fingerprint density at radius 2 is 1.04 bits per heavy atom. The van der Waals surface area contributed by atoms with Gasteiger partial charge in [0.1, 0.15) is 0 Å². The van der Waals surface area contributed by atoms with Crippen LogP contribution in [0.4, 0.5) is 0 Å². The van der Waals surface area contributed by atoms with E-state index < -0.39 is 0 Å². The summed E-state index contributed by atoms with van der Waals surface area (Å²) in [7, 11) is 0. The summed E-state index contributed by atoms with van der Waals surface area (Å²) in [5, 5.41) is 0. The Labute approximate surface area is 312 Å². The zero-order valence-corrected chi connectivity index (χ0v) is 30.4. The third-order valence-corrected chi connectivity index (χ3v) is 9.95. The molecule has 1 radical (unpaired) electrons. The van der Waals surface area contributed by atoms with Gasteiger partial charge < -0.3 is 9.97 Å². The molecule has 3 heteroatoms. The van der Waals surface area contributed by atoms with Crippen LogP contribution >= 0.6 is 0 Å². The van der Waals surface area contributed by atoms with Crippen LogP contribution in [-0.4, -0.2) is 9.97 Å². The van der Waals surface area contributed by atoms with Crippen LogP contribution in [0.25, 0.3) is 55.9 Å². The predicted octanol–water partition coefficient (Wildman–Crippen LogP) is 11.4. The van der Waals surface area contributed by atoms with Gasteiger partial charge in [0.2, 0.25) is 0 Å². The average molecular weight is 829 g/mol. The summed E-state index contributed by atoms with van der Waals surface area (Å²) in [6.07, 6.45) is 1.83. The number of nitrogens with zero attached hydrogens (tertiary/aromatic N) is 2. The van der Waals surface area contributed by atoms with Crippen LogP contribution in [0, 0.1) is 19.1 Å². The molecule has 8 aromatic rings. The molecule has 2 nitrogen and oxygen atoms in total. The van der Waals surface area contributed by atoms with Crippen LogP contribution in [0.2, 0.25) is 0 Å². The monoisotopic (exact) mass is 829 g/mol.